The van der Waals surface area contributed by atoms with Gasteiger partial charge in [-0.25, -0.2) is 0 Å². The van der Waals surface area contributed by atoms with Gasteiger partial charge >= 0.3 is 0 Å². The molecule has 0 unspecified atom stereocenters. The fourth-order valence-corrected chi connectivity index (χ4v) is 3.45. The molecule has 0 saturated carbocycles. The number of amides is 1. The zero-order chi connectivity index (χ0) is 22.7. The minimum Gasteiger partial charge on any atom is -0.438 e. The highest BCUT2D eigenvalue weighted by Crippen LogP contribution is 2.28. The van der Waals surface area contributed by atoms with Gasteiger partial charge in [-0.15, -0.1) is 0 Å². The third-order valence-electron chi connectivity index (χ3n) is 5.43. The van der Waals surface area contributed by atoms with Gasteiger partial charge < -0.3 is 14.4 Å². The van der Waals surface area contributed by atoms with Crippen LogP contribution in [-0.4, -0.2) is 46.5 Å². The smallest absolute Gasteiger partial charge is 0.269 e. The van der Waals surface area contributed by atoms with Crippen LogP contribution in [-0.2, 0) is 9.53 Å². The molecule has 1 saturated heterocycles. The average Bonchev–Trinajstić information content (AvgIpc) is 2.82. The number of morpholine rings is 1. The molecular formula is C24H22N4O4. The molecule has 3 aromatic rings. The van der Waals surface area contributed by atoms with Crippen molar-refractivity contribution in [2.75, 3.05) is 26.3 Å². The average molecular weight is 430 g/mol. The van der Waals surface area contributed by atoms with Crippen LogP contribution in [0.3, 0.4) is 0 Å². The van der Waals surface area contributed by atoms with E-state index in [-0.39, 0.29) is 17.0 Å². The van der Waals surface area contributed by atoms with E-state index in [0.717, 1.165) is 11.1 Å². The number of rotatable bonds is 4. The molecule has 1 aromatic carbocycles. The molecule has 0 spiro atoms. The van der Waals surface area contributed by atoms with Gasteiger partial charge in [0, 0.05) is 19.3 Å². The second-order valence-corrected chi connectivity index (χ2v) is 7.44. The number of carbonyl (C=O) groups excluding carboxylic acids is 1. The molecule has 1 fully saturated rings. The van der Waals surface area contributed by atoms with Crippen LogP contribution in [0.25, 0.3) is 11.7 Å². The van der Waals surface area contributed by atoms with Crippen LogP contribution in [0.2, 0.25) is 0 Å². The fourth-order valence-electron chi connectivity index (χ4n) is 3.45. The van der Waals surface area contributed by atoms with Crippen LogP contribution < -0.4 is 10.3 Å². The van der Waals surface area contributed by atoms with Crippen LogP contribution >= 0.6 is 0 Å². The SMILES string of the molecule is Cc1cccc(Oc2nc3ccccn3c(=O)c2C=C(C#N)C(=O)N2CCOCC2)c1C. The summed E-state index contributed by atoms with van der Waals surface area (Å²) in [6.45, 7) is 5.46. The van der Waals surface area contributed by atoms with Crippen LogP contribution in [0.15, 0.2) is 53.0 Å². The first-order valence-electron chi connectivity index (χ1n) is 10.2. The summed E-state index contributed by atoms with van der Waals surface area (Å²) in [6, 6.07) is 12.7. The number of aromatic nitrogens is 2. The van der Waals surface area contributed by atoms with Crippen LogP contribution in [0, 0.1) is 25.2 Å². The minimum atomic E-state index is -0.453. The van der Waals surface area contributed by atoms with Gasteiger partial charge in [0.2, 0.25) is 5.88 Å². The molecular weight excluding hydrogens is 408 g/mol. The molecule has 0 aliphatic carbocycles. The van der Waals surface area contributed by atoms with E-state index in [1.165, 1.54) is 15.4 Å². The summed E-state index contributed by atoms with van der Waals surface area (Å²) >= 11 is 0. The highest BCUT2D eigenvalue weighted by Gasteiger charge is 2.23. The van der Waals surface area contributed by atoms with Gasteiger partial charge in [-0.3, -0.25) is 14.0 Å². The lowest BCUT2D eigenvalue weighted by atomic mass is 10.1. The predicted molar refractivity (Wildman–Crippen MR) is 118 cm³/mol. The van der Waals surface area contributed by atoms with E-state index in [1.54, 1.807) is 30.5 Å². The number of ether oxygens (including phenoxy) is 2. The highest BCUT2D eigenvalue weighted by atomic mass is 16.5. The monoisotopic (exact) mass is 430 g/mol. The molecule has 0 N–H and O–H groups in total. The summed E-state index contributed by atoms with van der Waals surface area (Å²) in [5, 5.41) is 9.69. The summed E-state index contributed by atoms with van der Waals surface area (Å²) < 4.78 is 12.7. The first-order valence-corrected chi connectivity index (χ1v) is 10.2. The molecule has 3 heterocycles. The molecule has 8 nitrogen and oxygen atoms in total. The first kappa shape index (κ1) is 21.3. The van der Waals surface area contributed by atoms with E-state index in [9.17, 15) is 14.9 Å². The third-order valence-corrected chi connectivity index (χ3v) is 5.43. The highest BCUT2D eigenvalue weighted by molar-refractivity contribution is 6.02. The van der Waals surface area contributed by atoms with Gasteiger partial charge in [0.15, 0.2) is 0 Å². The molecule has 2 aromatic heterocycles. The zero-order valence-corrected chi connectivity index (χ0v) is 17.9. The van der Waals surface area contributed by atoms with Crippen LogP contribution in [0.5, 0.6) is 11.6 Å². The van der Waals surface area contributed by atoms with Gasteiger partial charge in [-0.05, 0) is 49.2 Å². The van der Waals surface area contributed by atoms with Gasteiger partial charge in [0.25, 0.3) is 11.5 Å². The van der Waals surface area contributed by atoms with Crippen LogP contribution in [0.1, 0.15) is 16.7 Å². The van der Waals surface area contributed by atoms with E-state index in [4.69, 9.17) is 9.47 Å². The first-order chi connectivity index (χ1) is 15.5. The Balaban J connectivity index is 1.85. The predicted octanol–water partition coefficient (Wildman–Crippen LogP) is 2.87. The molecule has 0 radical (unpaired) electrons. The summed E-state index contributed by atoms with van der Waals surface area (Å²) in [7, 11) is 0. The lowest BCUT2D eigenvalue weighted by Crippen LogP contribution is -2.41. The largest absolute Gasteiger partial charge is 0.438 e. The molecule has 8 heteroatoms. The Morgan fingerprint density at radius 2 is 1.97 bits per heavy atom. The normalized spacial score (nSPS) is 14.3. The number of hydrogen-bond acceptors (Lipinski definition) is 6. The summed E-state index contributed by atoms with van der Waals surface area (Å²) in [4.78, 5) is 32.2. The Morgan fingerprint density at radius 3 is 2.72 bits per heavy atom. The quantitative estimate of drug-likeness (QED) is 0.466. The zero-order valence-electron chi connectivity index (χ0n) is 17.9. The number of benzene rings is 1. The number of fused-ring (bicyclic) bond motifs is 1. The van der Waals surface area contributed by atoms with Crippen molar-refractivity contribution < 1.29 is 14.3 Å². The second-order valence-electron chi connectivity index (χ2n) is 7.44. The van der Waals surface area contributed by atoms with Crippen molar-refractivity contribution in [2.45, 2.75) is 13.8 Å². The van der Waals surface area contributed by atoms with E-state index >= 15 is 0 Å². The number of pyridine rings is 1. The molecule has 0 atom stereocenters. The van der Waals surface area contributed by atoms with Crippen molar-refractivity contribution in [1.29, 1.82) is 5.26 Å². The maximum Gasteiger partial charge on any atom is 0.269 e. The summed E-state index contributed by atoms with van der Waals surface area (Å²) in [5.41, 5.74) is 1.77. The van der Waals surface area contributed by atoms with Crippen molar-refractivity contribution in [3.8, 4) is 17.7 Å². The van der Waals surface area contributed by atoms with E-state index in [1.807, 2.05) is 32.0 Å². The fraction of sp³-hybridized carbons (Fsp3) is 0.250. The Hall–Kier alpha value is -3.96. The molecule has 1 aliphatic heterocycles. The van der Waals surface area contributed by atoms with E-state index in [0.29, 0.717) is 37.7 Å². The Bertz CT molecular complexity index is 1310. The second kappa shape index (κ2) is 9.04. The molecule has 1 aliphatic rings. The Labute approximate surface area is 184 Å². The summed E-state index contributed by atoms with van der Waals surface area (Å²) in [5.74, 6) is 0.133. The number of nitriles is 1. The van der Waals surface area contributed by atoms with Crippen molar-refractivity contribution in [3.05, 3.63) is 75.2 Å². The third kappa shape index (κ3) is 4.11. The standard InChI is InChI=1S/C24H22N4O4/c1-16-6-5-7-20(17(16)2)32-22-19(24(30)28-9-4-3-8-21(28)26-22)14-18(15-25)23(29)27-10-12-31-13-11-27/h3-9,14H,10-13H2,1-2H3. The molecule has 1 amide bonds. The lowest BCUT2D eigenvalue weighted by Gasteiger charge is -2.26. The maximum atomic E-state index is 13.3. The van der Waals surface area contributed by atoms with E-state index in [2.05, 4.69) is 4.98 Å². The number of nitrogens with zero attached hydrogens (tertiary/aromatic N) is 4. The number of carbonyl (C=O) groups is 1. The van der Waals surface area contributed by atoms with Gasteiger partial charge in [-0.2, -0.15) is 10.2 Å². The van der Waals surface area contributed by atoms with Crippen LogP contribution in [0.4, 0.5) is 0 Å². The van der Waals surface area contributed by atoms with E-state index < -0.39 is 11.5 Å². The van der Waals surface area contributed by atoms with Gasteiger partial charge in [0.1, 0.15) is 28.6 Å². The van der Waals surface area contributed by atoms with Crippen molar-refractivity contribution in [1.82, 2.24) is 14.3 Å². The maximum absolute atomic E-state index is 13.3. The lowest BCUT2D eigenvalue weighted by molar-refractivity contribution is -0.130. The van der Waals surface area contributed by atoms with Gasteiger partial charge in [0.05, 0.1) is 13.2 Å². The topological polar surface area (TPSA) is 96.9 Å². The Morgan fingerprint density at radius 1 is 1.19 bits per heavy atom. The van der Waals surface area contributed by atoms with Crippen molar-refractivity contribution >= 4 is 17.6 Å². The number of aryl methyl sites for hydroxylation is 1. The number of hydrogen-bond donors (Lipinski definition) is 0. The summed E-state index contributed by atoms with van der Waals surface area (Å²) in [6.07, 6.45) is 2.85. The molecule has 32 heavy (non-hydrogen) atoms. The van der Waals surface area contributed by atoms with Crippen molar-refractivity contribution in [3.63, 3.8) is 0 Å². The molecule has 162 valence electrons. The minimum absolute atomic E-state index is 0.0350. The van der Waals surface area contributed by atoms with Gasteiger partial charge in [-0.1, -0.05) is 18.2 Å². The van der Waals surface area contributed by atoms with Crippen molar-refractivity contribution in [2.24, 2.45) is 0 Å². The molecule has 0 bridgehead atoms. The molecule has 4 rings (SSSR count). The Kier molecular flexibility index (Phi) is 6.01.